The van der Waals surface area contributed by atoms with Crippen LogP contribution in [-0.2, 0) is 0 Å². The number of hydrogen-bond donors (Lipinski definition) is 2. The van der Waals surface area contributed by atoms with E-state index in [9.17, 15) is 13.2 Å². The van der Waals surface area contributed by atoms with Crippen molar-refractivity contribution in [2.75, 3.05) is 19.6 Å². The van der Waals surface area contributed by atoms with Gasteiger partial charge in [0.2, 0.25) is 0 Å². The summed E-state index contributed by atoms with van der Waals surface area (Å²) in [5.41, 5.74) is 3.69. The van der Waals surface area contributed by atoms with Crippen LogP contribution in [0.25, 0.3) is 0 Å². The molecule has 2 rings (SSSR count). The summed E-state index contributed by atoms with van der Waals surface area (Å²) in [5, 5.41) is 2.66. The van der Waals surface area contributed by atoms with Crippen LogP contribution in [0.3, 0.4) is 0 Å². The van der Waals surface area contributed by atoms with Crippen molar-refractivity contribution in [3.05, 3.63) is 23.9 Å². The molecule has 6 heteroatoms. The monoisotopic (exact) mass is 261 g/mol. The largest absolute Gasteiger partial charge is 0.416 e. The Hall–Kier alpha value is -1.01. The first kappa shape index (κ1) is 13.4. The first-order chi connectivity index (χ1) is 8.42. The predicted molar refractivity (Wildman–Crippen MR) is 63.6 cm³/mol. The fraction of sp³-hybridized carbons (Fsp3) is 0.667. The van der Waals surface area contributed by atoms with Crippen molar-refractivity contribution in [1.29, 1.82) is 0 Å². The van der Waals surface area contributed by atoms with Gasteiger partial charge in [0, 0.05) is 13.0 Å². The van der Waals surface area contributed by atoms with E-state index >= 15 is 0 Å². The highest BCUT2D eigenvalue weighted by Gasteiger charge is 2.46. The molecule has 1 saturated heterocycles. The van der Waals surface area contributed by atoms with Crippen LogP contribution in [0.1, 0.15) is 19.3 Å². The number of hydrogen-bond acceptors (Lipinski definition) is 3. The highest BCUT2D eigenvalue weighted by atomic mass is 19.4. The van der Waals surface area contributed by atoms with Gasteiger partial charge in [0.25, 0.3) is 0 Å². The average Bonchev–Trinajstić information content (AvgIpc) is 2.78. The quantitative estimate of drug-likeness (QED) is 0.813. The minimum absolute atomic E-state index is 0.253. The molecule has 3 nitrogen and oxygen atoms in total. The molecule has 0 spiro atoms. The number of alkyl halides is 3. The first-order valence-electron chi connectivity index (χ1n) is 6.15. The van der Waals surface area contributed by atoms with Gasteiger partial charge < -0.3 is 16.0 Å². The predicted octanol–water partition coefficient (Wildman–Crippen LogP) is 1.73. The molecule has 102 valence electrons. The zero-order valence-corrected chi connectivity index (χ0v) is 10.1. The fourth-order valence-electron chi connectivity index (χ4n) is 2.46. The van der Waals surface area contributed by atoms with Gasteiger partial charge in [0.1, 0.15) is 5.66 Å². The average molecular weight is 261 g/mol. The van der Waals surface area contributed by atoms with Crippen LogP contribution in [0, 0.1) is 0 Å². The second-order valence-electron chi connectivity index (χ2n) is 4.85. The highest BCUT2D eigenvalue weighted by molar-refractivity contribution is 5.32. The van der Waals surface area contributed by atoms with E-state index in [1.807, 2.05) is 0 Å². The smallest absolute Gasteiger partial charge is 0.370 e. The zero-order chi connectivity index (χ0) is 13.2. The standard InChI is InChI=1S/C12H18F3N3/c13-12(14,15)10-4-3-6-17-11(10,16)5-9-18-7-1-2-8-18/h3-4,6,17H,1-2,5,7-9,16H2. The molecule has 2 heterocycles. The molecule has 0 aromatic rings. The van der Waals surface area contributed by atoms with Gasteiger partial charge in [0.05, 0.1) is 5.57 Å². The molecular formula is C12H18F3N3. The Bertz CT molecular complexity index is 356. The molecule has 1 unspecified atom stereocenters. The van der Waals surface area contributed by atoms with Crippen molar-refractivity contribution < 1.29 is 13.2 Å². The topological polar surface area (TPSA) is 41.3 Å². The molecule has 2 aliphatic heterocycles. The third kappa shape index (κ3) is 2.87. The summed E-state index contributed by atoms with van der Waals surface area (Å²) in [7, 11) is 0. The molecule has 3 N–H and O–H groups in total. The van der Waals surface area contributed by atoms with Crippen LogP contribution in [-0.4, -0.2) is 36.4 Å². The molecule has 0 amide bonds. The molecule has 0 radical (unpaired) electrons. The summed E-state index contributed by atoms with van der Waals surface area (Å²) in [6, 6.07) is 0. The molecule has 18 heavy (non-hydrogen) atoms. The van der Waals surface area contributed by atoms with Gasteiger partial charge in [-0.1, -0.05) is 0 Å². The Morgan fingerprint density at radius 1 is 1.33 bits per heavy atom. The molecule has 0 aliphatic carbocycles. The number of nitrogens with zero attached hydrogens (tertiary/aromatic N) is 1. The van der Waals surface area contributed by atoms with Gasteiger partial charge >= 0.3 is 6.18 Å². The van der Waals surface area contributed by atoms with Gasteiger partial charge in [-0.2, -0.15) is 13.2 Å². The highest BCUT2D eigenvalue weighted by Crippen LogP contribution is 2.34. The number of nitrogens with two attached hydrogens (primary N) is 1. The summed E-state index contributed by atoms with van der Waals surface area (Å²) in [4.78, 5) is 2.16. The normalized spacial score (nSPS) is 29.2. The minimum atomic E-state index is -4.39. The third-order valence-corrected chi connectivity index (χ3v) is 3.51. The van der Waals surface area contributed by atoms with Crippen LogP contribution < -0.4 is 11.1 Å². The lowest BCUT2D eigenvalue weighted by Crippen LogP contribution is -2.58. The van der Waals surface area contributed by atoms with Crippen molar-refractivity contribution in [3.63, 3.8) is 0 Å². The van der Waals surface area contributed by atoms with Gasteiger partial charge in [-0.05, 0) is 44.3 Å². The van der Waals surface area contributed by atoms with Crippen LogP contribution in [0.4, 0.5) is 13.2 Å². The van der Waals surface area contributed by atoms with Crippen LogP contribution >= 0.6 is 0 Å². The SMILES string of the molecule is NC1(CCN2CCCC2)NC=CC=C1C(F)(F)F. The van der Waals surface area contributed by atoms with Crippen molar-refractivity contribution in [2.45, 2.75) is 31.1 Å². The Labute approximate surface area is 105 Å². The summed E-state index contributed by atoms with van der Waals surface area (Å²) in [5.74, 6) is 0. The second-order valence-corrected chi connectivity index (χ2v) is 4.85. The molecular weight excluding hydrogens is 243 g/mol. The third-order valence-electron chi connectivity index (χ3n) is 3.51. The van der Waals surface area contributed by atoms with E-state index in [2.05, 4.69) is 10.2 Å². The van der Waals surface area contributed by atoms with Gasteiger partial charge in [0.15, 0.2) is 0 Å². The fourth-order valence-corrected chi connectivity index (χ4v) is 2.46. The maximum Gasteiger partial charge on any atom is 0.416 e. The molecule has 1 atom stereocenters. The summed E-state index contributed by atoms with van der Waals surface area (Å²) in [6.07, 6.45) is 1.96. The lowest BCUT2D eigenvalue weighted by Gasteiger charge is -2.36. The summed E-state index contributed by atoms with van der Waals surface area (Å²) >= 11 is 0. The molecule has 0 bridgehead atoms. The van der Waals surface area contributed by atoms with Crippen molar-refractivity contribution in [2.24, 2.45) is 5.73 Å². The van der Waals surface area contributed by atoms with Crippen LogP contribution in [0.2, 0.25) is 0 Å². The number of nitrogens with one attached hydrogen (secondary N) is 1. The molecule has 0 saturated carbocycles. The van der Waals surface area contributed by atoms with Crippen LogP contribution in [0.15, 0.2) is 23.9 Å². The lowest BCUT2D eigenvalue weighted by molar-refractivity contribution is -0.103. The Morgan fingerprint density at radius 2 is 2.00 bits per heavy atom. The number of likely N-dealkylation sites (tertiary alicyclic amines) is 1. The molecule has 0 aromatic heterocycles. The van der Waals surface area contributed by atoms with E-state index in [1.165, 1.54) is 12.3 Å². The Kier molecular flexibility index (Phi) is 3.68. The van der Waals surface area contributed by atoms with E-state index in [-0.39, 0.29) is 6.42 Å². The first-order valence-corrected chi connectivity index (χ1v) is 6.15. The second kappa shape index (κ2) is 4.93. The van der Waals surface area contributed by atoms with E-state index < -0.39 is 17.4 Å². The van der Waals surface area contributed by atoms with E-state index in [4.69, 9.17) is 5.73 Å². The Morgan fingerprint density at radius 3 is 2.61 bits per heavy atom. The number of allylic oxidation sites excluding steroid dienone is 2. The molecule has 1 fully saturated rings. The van der Waals surface area contributed by atoms with Crippen molar-refractivity contribution in [3.8, 4) is 0 Å². The van der Waals surface area contributed by atoms with E-state index in [0.717, 1.165) is 32.0 Å². The van der Waals surface area contributed by atoms with Gasteiger partial charge in [-0.25, -0.2) is 0 Å². The van der Waals surface area contributed by atoms with Crippen LogP contribution in [0.5, 0.6) is 0 Å². The van der Waals surface area contributed by atoms with E-state index in [0.29, 0.717) is 6.54 Å². The maximum absolute atomic E-state index is 12.9. The summed E-state index contributed by atoms with van der Waals surface area (Å²) in [6.45, 7) is 2.50. The van der Waals surface area contributed by atoms with E-state index in [1.54, 1.807) is 0 Å². The molecule has 2 aliphatic rings. The summed E-state index contributed by atoms with van der Waals surface area (Å²) < 4.78 is 38.7. The Balaban J connectivity index is 2.03. The minimum Gasteiger partial charge on any atom is -0.370 e. The maximum atomic E-state index is 12.9. The number of dihydropyridines is 1. The number of halogens is 3. The number of rotatable bonds is 3. The zero-order valence-electron chi connectivity index (χ0n) is 10.1. The van der Waals surface area contributed by atoms with Crippen molar-refractivity contribution >= 4 is 0 Å². The van der Waals surface area contributed by atoms with Gasteiger partial charge in [-0.3, -0.25) is 0 Å². The molecule has 0 aromatic carbocycles. The van der Waals surface area contributed by atoms with Crippen molar-refractivity contribution in [1.82, 2.24) is 10.2 Å². The van der Waals surface area contributed by atoms with Gasteiger partial charge in [-0.15, -0.1) is 0 Å². The lowest BCUT2D eigenvalue weighted by atomic mass is 9.93.